The monoisotopic (exact) mass is 310 g/mol. The smallest absolute Gasteiger partial charge is 0.270 e. The van der Waals surface area contributed by atoms with Crippen LogP contribution in [0.2, 0.25) is 0 Å². The van der Waals surface area contributed by atoms with Gasteiger partial charge in [0, 0.05) is 18.9 Å². The van der Waals surface area contributed by atoms with E-state index in [4.69, 9.17) is 5.73 Å². The molecule has 1 amide bonds. The molecule has 0 aromatic carbocycles. The molecular formula is C14H19ClN4O2. The number of amides is 1. The lowest BCUT2D eigenvalue weighted by molar-refractivity contribution is 0.0951. The van der Waals surface area contributed by atoms with Crippen LogP contribution in [-0.2, 0) is 0 Å². The molecule has 0 atom stereocenters. The van der Waals surface area contributed by atoms with Crippen LogP contribution < -0.4 is 16.6 Å². The molecule has 21 heavy (non-hydrogen) atoms. The molecule has 7 heteroatoms. The second-order valence-electron chi connectivity index (χ2n) is 4.66. The lowest BCUT2D eigenvalue weighted by atomic mass is 10.2. The van der Waals surface area contributed by atoms with Gasteiger partial charge in [-0.2, -0.15) is 0 Å². The second-order valence-corrected chi connectivity index (χ2v) is 4.66. The van der Waals surface area contributed by atoms with Gasteiger partial charge in [0.1, 0.15) is 11.2 Å². The van der Waals surface area contributed by atoms with Crippen molar-refractivity contribution >= 4 is 24.0 Å². The van der Waals surface area contributed by atoms with Crippen LogP contribution in [0.3, 0.4) is 0 Å². The molecular weight excluding hydrogens is 292 g/mol. The summed E-state index contributed by atoms with van der Waals surface area (Å²) in [4.78, 5) is 28.3. The molecule has 0 radical (unpaired) electrons. The molecule has 0 aliphatic heterocycles. The van der Waals surface area contributed by atoms with Gasteiger partial charge in [0.25, 0.3) is 11.5 Å². The van der Waals surface area contributed by atoms with Crippen LogP contribution in [0.5, 0.6) is 0 Å². The van der Waals surface area contributed by atoms with Gasteiger partial charge in [-0.05, 0) is 37.9 Å². The van der Waals surface area contributed by atoms with Gasteiger partial charge < -0.3 is 11.1 Å². The number of nitrogens with two attached hydrogens (primary N) is 1. The fourth-order valence-electron chi connectivity index (χ4n) is 1.90. The maximum atomic E-state index is 12.3. The first kappa shape index (κ1) is 17.1. The first-order chi connectivity index (χ1) is 9.63. The second kappa shape index (κ2) is 7.75. The Balaban J connectivity index is 0.00000220. The van der Waals surface area contributed by atoms with Gasteiger partial charge in [0.2, 0.25) is 0 Å². The van der Waals surface area contributed by atoms with Crippen molar-refractivity contribution in [1.29, 1.82) is 0 Å². The van der Waals surface area contributed by atoms with E-state index < -0.39 is 5.91 Å². The van der Waals surface area contributed by atoms with Crippen molar-refractivity contribution in [2.75, 3.05) is 13.1 Å². The highest BCUT2D eigenvalue weighted by Crippen LogP contribution is 2.01. The minimum atomic E-state index is -0.393. The third-order valence-electron chi connectivity index (χ3n) is 3.01. The molecule has 114 valence electrons. The summed E-state index contributed by atoms with van der Waals surface area (Å²) in [7, 11) is 0. The number of nitrogens with one attached hydrogen (secondary N) is 1. The molecule has 2 heterocycles. The highest BCUT2D eigenvalue weighted by Gasteiger charge is 2.12. The summed E-state index contributed by atoms with van der Waals surface area (Å²) >= 11 is 0. The van der Waals surface area contributed by atoms with Crippen molar-refractivity contribution in [2.24, 2.45) is 5.73 Å². The van der Waals surface area contributed by atoms with E-state index in [1.165, 1.54) is 10.6 Å². The number of fused-ring (bicyclic) bond motifs is 1. The first-order valence-electron chi connectivity index (χ1n) is 6.60. The summed E-state index contributed by atoms with van der Waals surface area (Å²) in [6.45, 7) is 2.98. The molecule has 0 unspecified atom stereocenters. The van der Waals surface area contributed by atoms with E-state index >= 15 is 0 Å². The number of pyridine rings is 1. The number of nitrogens with zero attached hydrogens (tertiary/aromatic N) is 2. The number of aryl methyl sites for hydroxylation is 1. The Morgan fingerprint density at radius 3 is 2.86 bits per heavy atom. The first-order valence-corrected chi connectivity index (χ1v) is 6.60. The Morgan fingerprint density at radius 1 is 1.38 bits per heavy atom. The van der Waals surface area contributed by atoms with Crippen molar-refractivity contribution in [2.45, 2.75) is 19.8 Å². The molecule has 0 saturated carbocycles. The molecule has 3 N–H and O–H groups in total. The average molecular weight is 311 g/mol. The molecule has 0 spiro atoms. The van der Waals surface area contributed by atoms with Crippen LogP contribution >= 0.6 is 12.4 Å². The quantitative estimate of drug-likeness (QED) is 0.803. The van der Waals surface area contributed by atoms with Crippen LogP contribution in [0.1, 0.15) is 28.8 Å². The predicted molar refractivity (Wildman–Crippen MR) is 84.1 cm³/mol. The van der Waals surface area contributed by atoms with Crippen molar-refractivity contribution in [3.05, 3.63) is 46.0 Å². The molecule has 6 nitrogen and oxygen atoms in total. The van der Waals surface area contributed by atoms with E-state index in [1.807, 2.05) is 13.0 Å². The number of hydrogen-bond acceptors (Lipinski definition) is 4. The number of carbonyl (C=O) groups is 1. The number of carbonyl (C=O) groups excluding carboxylic acids is 1. The van der Waals surface area contributed by atoms with E-state index in [9.17, 15) is 9.59 Å². The minimum Gasteiger partial charge on any atom is -0.352 e. The van der Waals surface area contributed by atoms with E-state index in [0.717, 1.165) is 18.4 Å². The Morgan fingerprint density at radius 2 is 2.14 bits per heavy atom. The standard InChI is InChI=1S/C14H18N4O2.ClH/c1-10-4-5-12-17-8-11(14(20)18(12)9-10)13(19)16-7-3-2-6-15;/h4-5,8-9H,2-3,6-7,15H2,1H3,(H,16,19);1H. The van der Waals surface area contributed by atoms with Crippen molar-refractivity contribution in [3.8, 4) is 0 Å². The van der Waals surface area contributed by atoms with Gasteiger partial charge >= 0.3 is 0 Å². The zero-order valence-electron chi connectivity index (χ0n) is 11.8. The molecule has 0 fully saturated rings. The minimum absolute atomic E-state index is 0. The maximum absolute atomic E-state index is 12.3. The summed E-state index contributed by atoms with van der Waals surface area (Å²) in [5.74, 6) is -0.393. The third kappa shape index (κ3) is 4.03. The van der Waals surface area contributed by atoms with Gasteiger partial charge in [0.15, 0.2) is 0 Å². The van der Waals surface area contributed by atoms with Crippen LogP contribution in [0, 0.1) is 6.92 Å². The number of unbranched alkanes of at least 4 members (excludes halogenated alkanes) is 1. The summed E-state index contributed by atoms with van der Waals surface area (Å²) in [6, 6.07) is 3.62. The number of rotatable bonds is 5. The van der Waals surface area contributed by atoms with Crippen LogP contribution in [0.25, 0.3) is 5.65 Å². The average Bonchev–Trinajstić information content (AvgIpc) is 2.44. The van der Waals surface area contributed by atoms with Crippen molar-refractivity contribution in [3.63, 3.8) is 0 Å². The zero-order chi connectivity index (χ0) is 14.5. The summed E-state index contributed by atoms with van der Waals surface area (Å²) in [5, 5.41) is 2.71. The summed E-state index contributed by atoms with van der Waals surface area (Å²) < 4.78 is 1.39. The number of hydrogen-bond donors (Lipinski definition) is 2. The SMILES string of the molecule is Cc1ccc2ncc(C(=O)NCCCCN)c(=O)n2c1.Cl. The van der Waals surface area contributed by atoms with Crippen molar-refractivity contribution in [1.82, 2.24) is 14.7 Å². The Bertz CT molecular complexity index is 684. The van der Waals surface area contributed by atoms with Gasteiger partial charge in [-0.15, -0.1) is 12.4 Å². The molecule has 2 aromatic heterocycles. The molecule has 0 aliphatic rings. The van der Waals surface area contributed by atoms with E-state index in [1.54, 1.807) is 12.3 Å². The van der Waals surface area contributed by atoms with Crippen molar-refractivity contribution < 1.29 is 4.79 Å². The summed E-state index contributed by atoms with van der Waals surface area (Å²) in [6.07, 6.45) is 4.64. The Kier molecular flexibility index (Phi) is 6.33. The van der Waals surface area contributed by atoms with Crippen LogP contribution in [0.4, 0.5) is 0 Å². The number of halogens is 1. The fourth-order valence-corrected chi connectivity index (χ4v) is 1.90. The maximum Gasteiger partial charge on any atom is 0.270 e. The van der Waals surface area contributed by atoms with Gasteiger partial charge in [-0.25, -0.2) is 4.98 Å². The van der Waals surface area contributed by atoms with Gasteiger partial charge in [-0.3, -0.25) is 14.0 Å². The lowest BCUT2D eigenvalue weighted by Gasteiger charge is -2.06. The van der Waals surface area contributed by atoms with Gasteiger partial charge in [-0.1, -0.05) is 6.07 Å². The third-order valence-corrected chi connectivity index (χ3v) is 3.01. The van der Waals surface area contributed by atoms with E-state index in [0.29, 0.717) is 18.7 Å². The molecule has 2 aromatic rings. The fraction of sp³-hybridized carbons (Fsp3) is 0.357. The zero-order valence-corrected chi connectivity index (χ0v) is 12.7. The topological polar surface area (TPSA) is 89.5 Å². The number of aromatic nitrogens is 2. The van der Waals surface area contributed by atoms with Gasteiger partial charge in [0.05, 0.1) is 0 Å². The Labute approximate surface area is 128 Å². The van der Waals surface area contributed by atoms with Crippen LogP contribution in [0.15, 0.2) is 29.3 Å². The Hall–Kier alpha value is -1.92. The predicted octanol–water partition coefficient (Wildman–Crippen LogP) is 0.893. The van der Waals surface area contributed by atoms with E-state index in [2.05, 4.69) is 10.3 Å². The molecule has 0 saturated heterocycles. The largest absolute Gasteiger partial charge is 0.352 e. The molecule has 2 rings (SSSR count). The normalized spacial score (nSPS) is 10.2. The highest BCUT2D eigenvalue weighted by atomic mass is 35.5. The molecule has 0 aliphatic carbocycles. The lowest BCUT2D eigenvalue weighted by Crippen LogP contribution is -2.32. The highest BCUT2D eigenvalue weighted by molar-refractivity contribution is 5.93. The molecule has 0 bridgehead atoms. The van der Waals surface area contributed by atoms with E-state index in [-0.39, 0.29) is 23.5 Å². The summed E-state index contributed by atoms with van der Waals surface area (Å²) in [5.41, 5.74) is 6.55. The van der Waals surface area contributed by atoms with Crippen LogP contribution in [-0.4, -0.2) is 28.4 Å².